The van der Waals surface area contributed by atoms with Crippen molar-refractivity contribution >= 4 is 11.8 Å². The Morgan fingerprint density at radius 3 is 2.50 bits per heavy atom. The third-order valence-electron chi connectivity index (χ3n) is 3.82. The van der Waals surface area contributed by atoms with Gasteiger partial charge in [0, 0.05) is 0 Å². The lowest BCUT2D eigenvalue weighted by Crippen LogP contribution is -2.21. The third-order valence-corrected chi connectivity index (χ3v) is 4.51. The molecule has 0 aromatic carbocycles. The highest BCUT2D eigenvalue weighted by molar-refractivity contribution is 7.98. The fourth-order valence-corrected chi connectivity index (χ4v) is 3.04. The van der Waals surface area contributed by atoms with Crippen molar-refractivity contribution in [3.05, 3.63) is 0 Å². The van der Waals surface area contributed by atoms with Crippen molar-refractivity contribution in [2.75, 3.05) is 25.1 Å². The first kappa shape index (κ1) is 14.4. The molecule has 16 heavy (non-hydrogen) atoms. The van der Waals surface area contributed by atoms with Crippen LogP contribution in [0.3, 0.4) is 0 Å². The van der Waals surface area contributed by atoms with Gasteiger partial charge in [-0.15, -0.1) is 0 Å². The van der Waals surface area contributed by atoms with Gasteiger partial charge in [-0.3, -0.25) is 0 Å². The summed E-state index contributed by atoms with van der Waals surface area (Å²) in [5.41, 5.74) is 0. The van der Waals surface area contributed by atoms with E-state index in [4.69, 9.17) is 0 Å². The maximum absolute atomic E-state index is 3.59. The van der Waals surface area contributed by atoms with Gasteiger partial charge in [-0.05, 0) is 56.2 Å². The van der Waals surface area contributed by atoms with Crippen LogP contribution in [0.15, 0.2) is 0 Å². The van der Waals surface area contributed by atoms with E-state index in [-0.39, 0.29) is 0 Å². The molecule has 0 saturated heterocycles. The van der Waals surface area contributed by atoms with Crippen molar-refractivity contribution in [3.63, 3.8) is 0 Å². The van der Waals surface area contributed by atoms with Crippen molar-refractivity contribution < 1.29 is 0 Å². The molecule has 0 aromatic rings. The van der Waals surface area contributed by atoms with Crippen molar-refractivity contribution in [2.24, 2.45) is 11.8 Å². The summed E-state index contributed by atoms with van der Waals surface area (Å²) in [5, 5.41) is 3.59. The predicted molar refractivity (Wildman–Crippen MR) is 76.2 cm³/mol. The molecule has 1 nitrogen and oxygen atoms in total. The van der Waals surface area contributed by atoms with E-state index in [0.29, 0.717) is 0 Å². The fourth-order valence-electron chi connectivity index (χ4n) is 2.55. The predicted octanol–water partition coefficient (Wildman–Crippen LogP) is 3.94. The number of nitrogens with one attached hydrogen (secondary N) is 1. The molecule has 0 aromatic heterocycles. The van der Waals surface area contributed by atoms with Gasteiger partial charge in [-0.25, -0.2) is 0 Å². The number of hydrogen-bond donors (Lipinski definition) is 1. The Morgan fingerprint density at radius 1 is 1.06 bits per heavy atom. The van der Waals surface area contributed by atoms with Gasteiger partial charge >= 0.3 is 0 Å². The molecule has 0 bridgehead atoms. The van der Waals surface area contributed by atoms with Crippen molar-refractivity contribution in [1.82, 2.24) is 5.32 Å². The monoisotopic (exact) mass is 243 g/mol. The molecule has 0 unspecified atom stereocenters. The summed E-state index contributed by atoms with van der Waals surface area (Å²) >= 11 is 1.96. The molecule has 1 saturated carbocycles. The summed E-state index contributed by atoms with van der Waals surface area (Å²) in [6, 6.07) is 0. The summed E-state index contributed by atoms with van der Waals surface area (Å²) in [6.45, 7) is 4.88. The van der Waals surface area contributed by atoms with Gasteiger partial charge in [0.2, 0.25) is 0 Å². The Hall–Kier alpha value is 0.310. The van der Waals surface area contributed by atoms with Crippen LogP contribution in [0.1, 0.15) is 51.9 Å². The summed E-state index contributed by atoms with van der Waals surface area (Å²) in [5.74, 6) is 3.34. The Morgan fingerprint density at radius 2 is 1.81 bits per heavy atom. The van der Waals surface area contributed by atoms with Crippen molar-refractivity contribution in [1.29, 1.82) is 0 Å². The normalized spacial score (nSPS) is 25.9. The zero-order valence-electron chi connectivity index (χ0n) is 11.1. The van der Waals surface area contributed by atoms with Gasteiger partial charge in [0.25, 0.3) is 0 Å². The standard InChI is InChI=1S/C14H29NS/c1-13-5-7-14(8-6-13)9-11-15-10-3-4-12-16-2/h13-15H,3-12H2,1-2H3. The van der Waals surface area contributed by atoms with Crippen LogP contribution in [0.25, 0.3) is 0 Å². The third kappa shape index (κ3) is 6.80. The molecule has 1 aliphatic rings. The highest BCUT2D eigenvalue weighted by Gasteiger charge is 2.17. The van der Waals surface area contributed by atoms with Crippen molar-refractivity contribution in [2.45, 2.75) is 51.9 Å². The number of thioether (sulfide) groups is 1. The fraction of sp³-hybridized carbons (Fsp3) is 1.00. The van der Waals surface area contributed by atoms with E-state index in [2.05, 4.69) is 18.5 Å². The van der Waals surface area contributed by atoms with Crippen LogP contribution in [0.4, 0.5) is 0 Å². The Balaban J connectivity index is 1.84. The van der Waals surface area contributed by atoms with E-state index < -0.39 is 0 Å². The van der Waals surface area contributed by atoms with E-state index in [1.807, 2.05) is 11.8 Å². The van der Waals surface area contributed by atoms with Gasteiger partial charge in [-0.2, -0.15) is 11.8 Å². The lowest BCUT2D eigenvalue weighted by Gasteiger charge is -2.26. The second-order valence-corrected chi connectivity index (χ2v) is 6.35. The molecule has 96 valence electrons. The molecule has 1 aliphatic carbocycles. The molecule has 1 N–H and O–H groups in total. The molecule has 1 rings (SSSR count). The van der Waals surface area contributed by atoms with Gasteiger partial charge in [0.05, 0.1) is 0 Å². The molecule has 0 amide bonds. The molecule has 0 heterocycles. The molecule has 0 radical (unpaired) electrons. The molecule has 0 atom stereocenters. The molecular weight excluding hydrogens is 214 g/mol. The topological polar surface area (TPSA) is 12.0 Å². The SMILES string of the molecule is CSCCCCNCCC1CCC(C)CC1. The number of unbranched alkanes of at least 4 members (excludes halogenated alkanes) is 1. The maximum atomic E-state index is 3.59. The van der Waals surface area contributed by atoms with E-state index in [1.54, 1.807) is 0 Å². The second kappa shape index (κ2) is 9.35. The van der Waals surface area contributed by atoms with Crippen LogP contribution >= 0.6 is 11.8 Å². The van der Waals surface area contributed by atoms with Crippen LogP contribution in [0, 0.1) is 11.8 Å². The minimum Gasteiger partial charge on any atom is -0.317 e. The second-order valence-electron chi connectivity index (χ2n) is 5.36. The lowest BCUT2D eigenvalue weighted by atomic mass is 9.81. The first-order valence-electron chi connectivity index (χ1n) is 7.02. The Labute approximate surface area is 106 Å². The van der Waals surface area contributed by atoms with E-state index in [9.17, 15) is 0 Å². The van der Waals surface area contributed by atoms with E-state index in [1.165, 1.54) is 63.8 Å². The van der Waals surface area contributed by atoms with Crippen LogP contribution in [0.5, 0.6) is 0 Å². The van der Waals surface area contributed by atoms with Crippen LogP contribution in [0.2, 0.25) is 0 Å². The Kier molecular flexibility index (Phi) is 8.40. The maximum Gasteiger partial charge on any atom is -0.00463 e. The molecule has 0 aliphatic heterocycles. The lowest BCUT2D eigenvalue weighted by molar-refractivity contribution is 0.275. The largest absolute Gasteiger partial charge is 0.317 e. The summed E-state index contributed by atoms with van der Waals surface area (Å²) in [7, 11) is 0. The van der Waals surface area contributed by atoms with Gasteiger partial charge in [-0.1, -0.05) is 32.6 Å². The van der Waals surface area contributed by atoms with E-state index in [0.717, 1.165) is 11.8 Å². The first-order valence-corrected chi connectivity index (χ1v) is 8.42. The first-order chi connectivity index (χ1) is 7.83. The summed E-state index contributed by atoms with van der Waals surface area (Å²) in [6.07, 6.45) is 12.2. The molecule has 2 heteroatoms. The molecular formula is C14H29NS. The average Bonchev–Trinajstić information content (AvgIpc) is 2.30. The van der Waals surface area contributed by atoms with Gasteiger partial charge < -0.3 is 5.32 Å². The molecule has 0 spiro atoms. The zero-order chi connectivity index (χ0) is 11.6. The minimum atomic E-state index is 0.996. The van der Waals surface area contributed by atoms with Crippen LogP contribution in [-0.4, -0.2) is 25.1 Å². The average molecular weight is 243 g/mol. The van der Waals surface area contributed by atoms with E-state index >= 15 is 0 Å². The van der Waals surface area contributed by atoms with Gasteiger partial charge in [0.1, 0.15) is 0 Å². The minimum absolute atomic E-state index is 0.996. The summed E-state index contributed by atoms with van der Waals surface area (Å²) < 4.78 is 0. The number of rotatable bonds is 8. The zero-order valence-corrected chi connectivity index (χ0v) is 12.0. The number of hydrogen-bond acceptors (Lipinski definition) is 2. The highest BCUT2D eigenvalue weighted by Crippen LogP contribution is 2.29. The molecule has 1 fully saturated rings. The quantitative estimate of drug-likeness (QED) is 0.648. The Bertz CT molecular complexity index is 153. The summed E-state index contributed by atoms with van der Waals surface area (Å²) in [4.78, 5) is 0. The highest BCUT2D eigenvalue weighted by atomic mass is 32.2. The van der Waals surface area contributed by atoms with Gasteiger partial charge in [0.15, 0.2) is 0 Å². The smallest absolute Gasteiger partial charge is 0.00463 e. The van der Waals surface area contributed by atoms with Crippen molar-refractivity contribution in [3.8, 4) is 0 Å². The van der Waals surface area contributed by atoms with Crippen LogP contribution in [-0.2, 0) is 0 Å². The van der Waals surface area contributed by atoms with Crippen LogP contribution < -0.4 is 5.32 Å².